The van der Waals surface area contributed by atoms with Gasteiger partial charge in [-0.2, -0.15) is 0 Å². The lowest BCUT2D eigenvalue weighted by molar-refractivity contribution is -0.136. The van der Waals surface area contributed by atoms with Gasteiger partial charge >= 0.3 is 11.7 Å². The summed E-state index contributed by atoms with van der Waals surface area (Å²) in [6, 6.07) is -0.722. The van der Waals surface area contributed by atoms with Crippen molar-refractivity contribution in [2.45, 2.75) is 63.1 Å². The molecule has 188 valence electrons. The van der Waals surface area contributed by atoms with E-state index in [-0.39, 0.29) is 31.4 Å². The minimum Gasteiger partial charge on any atom is -0.394 e. The van der Waals surface area contributed by atoms with Crippen molar-refractivity contribution < 1.29 is 39.5 Å². The van der Waals surface area contributed by atoms with Crippen LogP contribution >= 0.6 is 0 Å². The molecule has 0 aliphatic carbocycles. The average molecular weight is 484 g/mol. The summed E-state index contributed by atoms with van der Waals surface area (Å²) < 4.78 is 12.1. The smallest absolute Gasteiger partial charge is 0.330 e. The molecule has 0 bridgehead atoms. The number of hydrogen-bond donors (Lipinski definition) is 6. The fourth-order valence-corrected chi connectivity index (χ4v) is 4.62. The van der Waals surface area contributed by atoms with Gasteiger partial charge in [0.1, 0.15) is 24.7 Å². The van der Waals surface area contributed by atoms with Crippen LogP contribution in [0.2, 0.25) is 0 Å². The Morgan fingerprint density at radius 2 is 1.62 bits per heavy atom. The molecule has 3 aliphatic rings. The van der Waals surface area contributed by atoms with Gasteiger partial charge in [-0.3, -0.25) is 29.4 Å². The Bertz CT molecular complexity index is 1070. The molecule has 1 aromatic rings. The van der Waals surface area contributed by atoms with Crippen molar-refractivity contribution in [2.24, 2.45) is 5.41 Å². The van der Waals surface area contributed by atoms with Crippen LogP contribution in [-0.2, 0) is 20.7 Å². The summed E-state index contributed by atoms with van der Waals surface area (Å²) in [5, 5.41) is 40.8. The number of urea groups is 1. The number of rotatable bonds is 6. The SMILES string of the molecule is C[C@@]1(Cc2cn([C@H]3C[C@H](O)[C@@H](CO)O3)c(=O)[nH]c2=O)CN([C@H]2C[C@H](O)[C@@H](CO)O2)C(=O)NC1=O. The molecule has 3 aliphatic heterocycles. The minimum absolute atomic E-state index is 0.0179. The maximum atomic E-state index is 12.8. The van der Waals surface area contributed by atoms with Gasteiger partial charge in [0.2, 0.25) is 5.91 Å². The lowest BCUT2D eigenvalue weighted by Gasteiger charge is -2.41. The summed E-state index contributed by atoms with van der Waals surface area (Å²) in [7, 11) is 0. The number of aromatic amines is 1. The Balaban J connectivity index is 1.58. The molecule has 14 heteroatoms. The number of imide groups is 1. The highest BCUT2D eigenvalue weighted by atomic mass is 16.5. The van der Waals surface area contributed by atoms with Gasteiger partial charge in [-0.25, -0.2) is 9.59 Å². The third-order valence-electron chi connectivity index (χ3n) is 6.60. The molecule has 3 fully saturated rings. The van der Waals surface area contributed by atoms with E-state index in [1.165, 1.54) is 11.1 Å². The highest BCUT2D eigenvalue weighted by Crippen LogP contribution is 2.32. The first kappa shape index (κ1) is 24.5. The number of hydrogen-bond acceptors (Lipinski definition) is 10. The Morgan fingerprint density at radius 1 is 1.03 bits per heavy atom. The largest absolute Gasteiger partial charge is 0.394 e. The van der Waals surface area contributed by atoms with E-state index in [4.69, 9.17) is 9.47 Å². The Hall–Kier alpha value is -2.62. The summed E-state index contributed by atoms with van der Waals surface area (Å²) >= 11 is 0. The van der Waals surface area contributed by atoms with Crippen LogP contribution in [0.3, 0.4) is 0 Å². The van der Waals surface area contributed by atoms with Gasteiger partial charge in [0.25, 0.3) is 5.56 Å². The van der Waals surface area contributed by atoms with Crippen LogP contribution in [-0.4, -0.2) is 97.2 Å². The fraction of sp³-hybridized carbons (Fsp3) is 0.700. The molecule has 7 atom stereocenters. The third kappa shape index (κ3) is 4.39. The molecule has 0 radical (unpaired) electrons. The van der Waals surface area contributed by atoms with Crippen molar-refractivity contribution in [3.05, 3.63) is 32.6 Å². The maximum absolute atomic E-state index is 12.8. The molecule has 6 N–H and O–H groups in total. The third-order valence-corrected chi connectivity index (χ3v) is 6.60. The molecule has 4 rings (SSSR count). The van der Waals surface area contributed by atoms with Crippen molar-refractivity contribution in [2.75, 3.05) is 19.8 Å². The molecule has 0 aromatic carbocycles. The van der Waals surface area contributed by atoms with E-state index >= 15 is 0 Å². The lowest BCUT2D eigenvalue weighted by atomic mass is 9.81. The first-order chi connectivity index (χ1) is 16.1. The minimum atomic E-state index is -1.29. The molecule has 0 saturated carbocycles. The van der Waals surface area contributed by atoms with Crippen LogP contribution in [0.1, 0.15) is 31.6 Å². The van der Waals surface area contributed by atoms with Crippen LogP contribution in [0.4, 0.5) is 4.79 Å². The first-order valence-electron chi connectivity index (χ1n) is 10.9. The zero-order valence-electron chi connectivity index (χ0n) is 18.4. The lowest BCUT2D eigenvalue weighted by Crippen LogP contribution is -2.62. The summed E-state index contributed by atoms with van der Waals surface area (Å²) in [6.45, 7) is 0.523. The molecule has 3 saturated heterocycles. The van der Waals surface area contributed by atoms with Crippen LogP contribution in [0.5, 0.6) is 0 Å². The molecule has 3 amide bonds. The van der Waals surface area contributed by atoms with Crippen molar-refractivity contribution in [3.8, 4) is 0 Å². The number of aliphatic hydroxyl groups is 4. The number of amides is 3. The van der Waals surface area contributed by atoms with Crippen molar-refractivity contribution in [3.63, 3.8) is 0 Å². The normalized spacial score (nSPS) is 36.2. The van der Waals surface area contributed by atoms with Gasteiger partial charge in [0, 0.05) is 31.1 Å². The van der Waals surface area contributed by atoms with Crippen LogP contribution in [0, 0.1) is 5.41 Å². The Morgan fingerprint density at radius 3 is 2.21 bits per heavy atom. The highest BCUT2D eigenvalue weighted by Gasteiger charge is 2.48. The Kier molecular flexibility index (Phi) is 6.63. The van der Waals surface area contributed by atoms with Gasteiger partial charge in [0.05, 0.1) is 30.8 Å². The number of nitrogens with zero attached hydrogens (tertiary/aromatic N) is 2. The van der Waals surface area contributed by atoms with Crippen molar-refractivity contribution >= 4 is 11.9 Å². The molecule has 14 nitrogen and oxygen atoms in total. The van der Waals surface area contributed by atoms with Crippen LogP contribution in [0.15, 0.2) is 15.8 Å². The topological polar surface area (TPSA) is 204 Å². The number of aliphatic hydroxyl groups excluding tert-OH is 4. The van der Waals surface area contributed by atoms with E-state index < -0.39 is 78.7 Å². The quantitative estimate of drug-likeness (QED) is 0.238. The highest BCUT2D eigenvalue weighted by molar-refractivity contribution is 6.00. The average Bonchev–Trinajstić information content (AvgIpc) is 3.34. The van der Waals surface area contributed by atoms with Crippen LogP contribution in [0.25, 0.3) is 0 Å². The van der Waals surface area contributed by atoms with Gasteiger partial charge in [-0.15, -0.1) is 0 Å². The number of H-pyrrole nitrogens is 1. The van der Waals surface area contributed by atoms with E-state index in [1.807, 2.05) is 0 Å². The molecule has 4 heterocycles. The van der Waals surface area contributed by atoms with Gasteiger partial charge in [-0.1, -0.05) is 0 Å². The predicted molar refractivity (Wildman–Crippen MR) is 111 cm³/mol. The van der Waals surface area contributed by atoms with Crippen molar-refractivity contribution in [1.82, 2.24) is 19.8 Å². The van der Waals surface area contributed by atoms with E-state index in [2.05, 4.69) is 10.3 Å². The molecule has 34 heavy (non-hydrogen) atoms. The molecule has 0 unspecified atom stereocenters. The summed E-state index contributed by atoms with van der Waals surface area (Å²) in [6.07, 6.45) is -4.38. The molecule has 1 aromatic heterocycles. The fourth-order valence-electron chi connectivity index (χ4n) is 4.62. The van der Waals surface area contributed by atoms with E-state index in [0.717, 1.165) is 4.57 Å². The number of aromatic nitrogens is 2. The van der Waals surface area contributed by atoms with Gasteiger partial charge in [0.15, 0.2) is 0 Å². The second kappa shape index (κ2) is 9.20. The van der Waals surface area contributed by atoms with Gasteiger partial charge < -0.3 is 29.9 Å². The zero-order chi connectivity index (χ0) is 24.8. The van der Waals surface area contributed by atoms with Crippen LogP contribution < -0.4 is 16.6 Å². The van der Waals surface area contributed by atoms with E-state index in [1.54, 1.807) is 6.92 Å². The predicted octanol–water partition coefficient (Wildman–Crippen LogP) is -3.25. The molecular formula is C20H28N4O10. The van der Waals surface area contributed by atoms with E-state index in [9.17, 15) is 39.6 Å². The molecular weight excluding hydrogens is 456 g/mol. The van der Waals surface area contributed by atoms with Gasteiger partial charge in [-0.05, 0) is 13.3 Å². The number of ether oxygens (including phenoxy) is 2. The number of carbonyl (C=O) groups is 2. The standard InChI is InChI=1S/C20H28N4O10/c1-20(8-24(19(32)22-17(20)30)15-3-11(28)13(7-26)34-15)4-9-5-23(18(31)21-16(9)29)14-2-10(27)12(6-25)33-14/h5,10-15,25-28H,2-4,6-8H2,1H3,(H,21,29,31)(H,22,30,32)/t10-,11-,12+,13+,14+,15+,20+/m0/s1. The Labute approximate surface area is 192 Å². The van der Waals surface area contributed by atoms with Crippen molar-refractivity contribution in [1.29, 1.82) is 0 Å². The van der Waals surface area contributed by atoms with E-state index in [0.29, 0.717) is 0 Å². The first-order valence-corrected chi connectivity index (χ1v) is 10.9. The molecule has 0 spiro atoms. The summed E-state index contributed by atoms with van der Waals surface area (Å²) in [4.78, 5) is 53.5. The number of carbonyl (C=O) groups excluding carboxylic acids is 2. The maximum Gasteiger partial charge on any atom is 0.330 e. The number of nitrogens with one attached hydrogen (secondary N) is 2. The zero-order valence-corrected chi connectivity index (χ0v) is 18.4. The second-order valence-electron chi connectivity index (χ2n) is 9.18. The second-order valence-corrected chi connectivity index (χ2v) is 9.18. The summed E-state index contributed by atoms with van der Waals surface area (Å²) in [5.41, 5.74) is -2.72. The monoisotopic (exact) mass is 484 g/mol. The summed E-state index contributed by atoms with van der Waals surface area (Å²) in [5.74, 6) is -0.629.